The number of carbonyl (C=O) groups excluding carboxylic acids is 1. The Bertz CT molecular complexity index is 663. The van der Waals surface area contributed by atoms with Crippen LogP contribution in [-0.2, 0) is 14.3 Å². The van der Waals surface area contributed by atoms with Crippen molar-refractivity contribution in [1.82, 2.24) is 0 Å². The molecule has 158 valence electrons. The normalized spacial score (nSPS) is 51.9. The van der Waals surface area contributed by atoms with Gasteiger partial charge in [0.2, 0.25) is 0 Å². The van der Waals surface area contributed by atoms with Crippen molar-refractivity contribution < 1.29 is 29.6 Å². The number of esters is 1. The van der Waals surface area contributed by atoms with E-state index in [1.54, 1.807) is 0 Å². The largest absolute Gasteiger partial charge is 0.481 e. The van der Waals surface area contributed by atoms with Gasteiger partial charge in [-0.1, -0.05) is 20.8 Å². The van der Waals surface area contributed by atoms with Crippen molar-refractivity contribution in [2.45, 2.75) is 71.5 Å². The number of carboxylic acid groups (broad SMARTS) is 1. The summed E-state index contributed by atoms with van der Waals surface area (Å²) in [6.07, 6.45) is 2.78. The van der Waals surface area contributed by atoms with Crippen LogP contribution in [0.5, 0.6) is 0 Å². The number of ether oxygens (including phenoxy) is 1. The summed E-state index contributed by atoms with van der Waals surface area (Å²) >= 11 is 0. The van der Waals surface area contributed by atoms with Crippen molar-refractivity contribution in [3.8, 4) is 0 Å². The number of carbonyl (C=O) groups is 2. The van der Waals surface area contributed by atoms with Gasteiger partial charge in [0.25, 0.3) is 0 Å². The minimum Gasteiger partial charge on any atom is -0.481 e. The van der Waals surface area contributed by atoms with Crippen molar-refractivity contribution in [2.24, 2.45) is 46.3 Å². The first-order chi connectivity index (χ1) is 13.1. The summed E-state index contributed by atoms with van der Waals surface area (Å²) < 4.78 is 5.74. The van der Waals surface area contributed by atoms with Crippen LogP contribution in [0.2, 0.25) is 0 Å². The zero-order valence-corrected chi connectivity index (χ0v) is 17.1. The number of hydrogen-bond donors (Lipinski definition) is 3. The van der Waals surface area contributed by atoms with Crippen molar-refractivity contribution in [3.05, 3.63) is 0 Å². The molecule has 6 nitrogen and oxygen atoms in total. The lowest BCUT2D eigenvalue weighted by Gasteiger charge is -2.55. The third kappa shape index (κ3) is 2.74. The Labute approximate surface area is 166 Å². The highest BCUT2D eigenvalue weighted by atomic mass is 16.5. The Morgan fingerprint density at radius 3 is 2.46 bits per heavy atom. The predicted molar refractivity (Wildman–Crippen MR) is 101 cm³/mol. The SMILES string of the molecule is C[C@H](C(=O)O)[C@H]1CC[C@H]2[C@@H]3COC(=O)C4C[C@H](O)[C@H](O)C[C@]4(C)[C@H]3CC[C@]12C. The summed E-state index contributed by atoms with van der Waals surface area (Å²) in [6.45, 7) is 6.56. The zero-order chi connectivity index (χ0) is 20.4. The minimum absolute atomic E-state index is 0.0472. The van der Waals surface area contributed by atoms with Gasteiger partial charge in [0, 0.05) is 0 Å². The van der Waals surface area contributed by atoms with Crippen LogP contribution in [0.4, 0.5) is 0 Å². The standard InChI is InChI=1S/C22H34O6/c1-11(19(25)26)13-4-5-14-12-10-28-20(27)16-8-17(23)18(24)9-22(16,3)15(12)6-7-21(13,14)2/h11-18,23-24H,4-10H2,1-3H3,(H,25,26)/t11-,12-,13+,14-,15-,16?,17-,18+,21+,22+/m0/s1. The smallest absolute Gasteiger partial charge is 0.309 e. The molecule has 28 heavy (non-hydrogen) atoms. The van der Waals surface area contributed by atoms with E-state index >= 15 is 0 Å². The third-order valence-electron chi connectivity index (χ3n) is 9.42. The first-order valence-electron chi connectivity index (χ1n) is 10.8. The number of fused-ring (bicyclic) bond motifs is 5. The van der Waals surface area contributed by atoms with Gasteiger partial charge in [-0.05, 0) is 73.0 Å². The maximum Gasteiger partial charge on any atom is 0.309 e. The second-order valence-corrected chi connectivity index (χ2v) is 10.5. The van der Waals surface area contributed by atoms with Gasteiger partial charge in [-0.3, -0.25) is 9.59 Å². The molecule has 0 aromatic carbocycles. The van der Waals surface area contributed by atoms with E-state index in [0.29, 0.717) is 18.9 Å². The molecular formula is C22H34O6. The third-order valence-corrected chi connectivity index (χ3v) is 9.42. The van der Waals surface area contributed by atoms with Gasteiger partial charge in [0.05, 0.1) is 30.7 Å². The van der Waals surface area contributed by atoms with E-state index in [1.165, 1.54) is 0 Å². The highest BCUT2D eigenvalue weighted by Gasteiger charge is 2.63. The molecule has 0 radical (unpaired) electrons. The molecule has 1 saturated heterocycles. The number of aliphatic hydroxyl groups excluding tert-OH is 2. The lowest BCUT2D eigenvalue weighted by atomic mass is 9.48. The highest BCUT2D eigenvalue weighted by Crippen LogP contribution is 2.65. The van der Waals surface area contributed by atoms with Crippen molar-refractivity contribution in [3.63, 3.8) is 0 Å². The van der Waals surface area contributed by atoms with E-state index in [-0.39, 0.29) is 52.8 Å². The van der Waals surface area contributed by atoms with E-state index in [4.69, 9.17) is 4.74 Å². The van der Waals surface area contributed by atoms with Crippen LogP contribution in [0.25, 0.3) is 0 Å². The first-order valence-corrected chi connectivity index (χ1v) is 10.8. The fourth-order valence-electron chi connectivity index (χ4n) is 7.82. The van der Waals surface area contributed by atoms with Gasteiger partial charge in [-0.2, -0.15) is 0 Å². The highest BCUT2D eigenvalue weighted by molar-refractivity contribution is 5.74. The quantitative estimate of drug-likeness (QED) is 0.622. The fourth-order valence-corrected chi connectivity index (χ4v) is 7.82. The van der Waals surface area contributed by atoms with Gasteiger partial charge < -0.3 is 20.1 Å². The van der Waals surface area contributed by atoms with Crippen LogP contribution in [0.3, 0.4) is 0 Å². The average Bonchev–Trinajstić information content (AvgIpc) is 2.93. The second-order valence-electron chi connectivity index (χ2n) is 10.5. The Morgan fingerprint density at radius 2 is 1.79 bits per heavy atom. The van der Waals surface area contributed by atoms with Crippen LogP contribution in [0.1, 0.15) is 59.3 Å². The number of hydrogen-bond acceptors (Lipinski definition) is 5. The Hall–Kier alpha value is -1.14. The summed E-state index contributed by atoms with van der Waals surface area (Å²) in [4.78, 5) is 24.5. The van der Waals surface area contributed by atoms with E-state index < -0.39 is 18.2 Å². The molecule has 1 aliphatic heterocycles. The van der Waals surface area contributed by atoms with Gasteiger partial charge >= 0.3 is 11.9 Å². The maximum atomic E-state index is 12.8. The molecule has 4 aliphatic rings. The number of rotatable bonds is 2. The molecule has 0 spiro atoms. The maximum absolute atomic E-state index is 12.8. The first kappa shape index (κ1) is 20.1. The van der Waals surface area contributed by atoms with Crippen molar-refractivity contribution >= 4 is 11.9 Å². The molecule has 0 amide bonds. The van der Waals surface area contributed by atoms with Crippen LogP contribution in [-0.4, -0.2) is 46.1 Å². The molecule has 4 fully saturated rings. The molecule has 1 heterocycles. The predicted octanol–water partition coefficient (Wildman–Crippen LogP) is 2.46. The average molecular weight is 395 g/mol. The minimum atomic E-state index is -0.872. The van der Waals surface area contributed by atoms with Gasteiger partial charge in [-0.25, -0.2) is 0 Å². The van der Waals surface area contributed by atoms with Crippen molar-refractivity contribution in [2.75, 3.05) is 6.61 Å². The molecule has 6 heteroatoms. The molecule has 3 N–H and O–H groups in total. The van der Waals surface area contributed by atoms with Crippen LogP contribution >= 0.6 is 0 Å². The van der Waals surface area contributed by atoms with Crippen LogP contribution in [0, 0.1) is 46.3 Å². The summed E-state index contributed by atoms with van der Waals surface area (Å²) in [5.41, 5.74) is -0.427. The Kier molecular flexibility index (Phi) is 4.82. The number of carboxylic acids is 1. The van der Waals surface area contributed by atoms with Crippen molar-refractivity contribution in [1.29, 1.82) is 0 Å². The molecular weight excluding hydrogens is 360 g/mol. The fraction of sp³-hybridized carbons (Fsp3) is 0.909. The van der Waals surface area contributed by atoms with E-state index in [0.717, 1.165) is 25.7 Å². The van der Waals surface area contributed by atoms with Gasteiger partial charge in [0.15, 0.2) is 0 Å². The van der Waals surface area contributed by atoms with Gasteiger partial charge in [-0.15, -0.1) is 0 Å². The molecule has 3 saturated carbocycles. The van der Waals surface area contributed by atoms with E-state index in [1.807, 2.05) is 6.92 Å². The summed E-state index contributed by atoms with van der Waals surface area (Å²) in [5, 5.41) is 30.1. The Balaban J connectivity index is 1.67. The number of cyclic esters (lactones) is 1. The lowest BCUT2D eigenvalue weighted by molar-refractivity contribution is -0.162. The Morgan fingerprint density at radius 1 is 1.11 bits per heavy atom. The molecule has 0 aromatic heterocycles. The van der Waals surface area contributed by atoms with Gasteiger partial charge in [0.1, 0.15) is 0 Å². The molecule has 3 aliphatic carbocycles. The molecule has 10 atom stereocenters. The zero-order valence-electron chi connectivity index (χ0n) is 17.1. The van der Waals surface area contributed by atoms with E-state index in [9.17, 15) is 24.9 Å². The van der Waals surface area contributed by atoms with Crippen LogP contribution in [0.15, 0.2) is 0 Å². The number of aliphatic hydroxyl groups is 2. The summed E-state index contributed by atoms with van der Waals surface area (Å²) in [7, 11) is 0. The summed E-state index contributed by atoms with van der Waals surface area (Å²) in [6, 6.07) is 0. The summed E-state index contributed by atoms with van der Waals surface area (Å²) in [5.74, 6) is -0.761. The second kappa shape index (κ2) is 6.69. The molecule has 0 aromatic rings. The molecule has 4 rings (SSSR count). The van der Waals surface area contributed by atoms with E-state index in [2.05, 4.69) is 13.8 Å². The van der Waals surface area contributed by atoms with Crippen LogP contribution < -0.4 is 0 Å². The molecule has 0 bridgehead atoms. The lowest BCUT2D eigenvalue weighted by Crippen LogP contribution is -2.54. The monoisotopic (exact) mass is 394 g/mol. The molecule has 1 unspecified atom stereocenters. The topological polar surface area (TPSA) is 104 Å². The number of aliphatic carboxylic acids is 1.